The van der Waals surface area contributed by atoms with Crippen LogP contribution >= 0.6 is 25.3 Å². The highest BCUT2D eigenvalue weighted by molar-refractivity contribution is 7.80. The minimum Gasteiger partial charge on any atom is -0.480 e. The first-order valence-corrected chi connectivity index (χ1v) is 23.4. The highest BCUT2D eigenvalue weighted by atomic mass is 32.1. The third-order valence-electron chi connectivity index (χ3n) is 11.0. The van der Waals surface area contributed by atoms with Gasteiger partial charge in [-0.15, -0.1) is 0 Å². The number of nitrogens with zero attached hydrogens (tertiary/aromatic N) is 2. The van der Waals surface area contributed by atoms with Crippen LogP contribution in [0.5, 0.6) is 0 Å². The van der Waals surface area contributed by atoms with E-state index in [1.807, 2.05) is 0 Å². The molecule has 0 saturated carbocycles. The summed E-state index contributed by atoms with van der Waals surface area (Å²) in [6, 6.07) is -13.0. The average Bonchev–Trinajstić information content (AvgIpc) is 4.02. The minimum atomic E-state index is -1.80. The molecule has 1 aliphatic heterocycles. The molecule has 0 bridgehead atoms. The van der Waals surface area contributed by atoms with Crippen molar-refractivity contribution in [3.8, 4) is 0 Å². The van der Waals surface area contributed by atoms with Gasteiger partial charge in [0.2, 0.25) is 59.1 Å². The van der Waals surface area contributed by atoms with Crippen molar-refractivity contribution < 1.29 is 63.0 Å². The SMILES string of the molecule is CC[C@H](C)[C@H](NC(=O)[C@H](CO)NC(=O)[C@H](CC(N)=O)NC(=O)[C@H](CCCCN)NC(=O)[C@H](CC(N)=O)NC(=O)[C@@H](N)CS)C(=O)N1CCC[C@H]1C(=O)N[C@@H](Cc1cnc[nH]1)C(=O)N[C@@H](CS)C(=O)O. The second-order valence-electron chi connectivity index (χ2n) is 16.3. The van der Waals surface area contributed by atoms with E-state index in [1.54, 1.807) is 13.8 Å². The summed E-state index contributed by atoms with van der Waals surface area (Å²) in [5, 5.41) is 36.5. The fourth-order valence-corrected chi connectivity index (χ4v) is 7.34. The number of aromatic nitrogens is 2. The first-order valence-electron chi connectivity index (χ1n) is 22.1. The summed E-state index contributed by atoms with van der Waals surface area (Å²) in [5.74, 6) is -11.9. The van der Waals surface area contributed by atoms with Crippen LogP contribution in [-0.4, -0.2) is 176 Å². The van der Waals surface area contributed by atoms with Gasteiger partial charge in [0, 0.05) is 36.4 Å². The van der Waals surface area contributed by atoms with Gasteiger partial charge in [0.25, 0.3) is 0 Å². The van der Waals surface area contributed by atoms with Crippen molar-refractivity contribution in [3.63, 3.8) is 0 Å². The molecule has 1 aliphatic rings. The highest BCUT2D eigenvalue weighted by Gasteiger charge is 2.42. The van der Waals surface area contributed by atoms with Crippen LogP contribution < -0.4 is 60.2 Å². The quantitative estimate of drug-likeness (QED) is 0.0243. The average molecular weight is 1020 g/mol. The van der Waals surface area contributed by atoms with Crippen LogP contribution in [0.4, 0.5) is 0 Å². The minimum absolute atomic E-state index is 0.0604. The number of hydrogen-bond donors (Lipinski definition) is 16. The van der Waals surface area contributed by atoms with Crippen LogP contribution in [0.25, 0.3) is 0 Å². The number of likely N-dealkylation sites (tertiary alicyclic amines) is 1. The molecule has 2 rings (SSSR count). The van der Waals surface area contributed by atoms with E-state index in [4.69, 9.17) is 22.9 Å². The summed E-state index contributed by atoms with van der Waals surface area (Å²) in [7, 11) is 0. The van der Waals surface area contributed by atoms with Crippen LogP contribution in [-0.2, 0) is 59.2 Å². The van der Waals surface area contributed by atoms with Crippen LogP contribution in [0.1, 0.15) is 70.9 Å². The molecule has 0 radical (unpaired) electrons. The fraction of sp³-hybridized carbons (Fsp3) is 0.650. The Morgan fingerprint density at radius 3 is 1.81 bits per heavy atom. The Labute approximate surface area is 408 Å². The topological polar surface area (TPSA) is 448 Å². The smallest absolute Gasteiger partial charge is 0.327 e. The zero-order chi connectivity index (χ0) is 52.0. The maximum Gasteiger partial charge on any atom is 0.327 e. The van der Waals surface area contributed by atoms with Gasteiger partial charge in [0.1, 0.15) is 48.3 Å². The highest BCUT2D eigenvalue weighted by Crippen LogP contribution is 2.22. The van der Waals surface area contributed by atoms with Crippen molar-refractivity contribution in [2.24, 2.45) is 28.9 Å². The summed E-state index contributed by atoms with van der Waals surface area (Å²) < 4.78 is 0. The number of primary amides is 2. The molecule has 29 heteroatoms. The molecule has 386 valence electrons. The Morgan fingerprint density at radius 1 is 0.768 bits per heavy atom. The van der Waals surface area contributed by atoms with Gasteiger partial charge in [0.15, 0.2) is 0 Å². The number of amides is 10. The summed E-state index contributed by atoms with van der Waals surface area (Å²) in [6.45, 7) is 2.56. The molecule has 18 N–H and O–H groups in total. The predicted molar refractivity (Wildman–Crippen MR) is 251 cm³/mol. The van der Waals surface area contributed by atoms with Crippen molar-refractivity contribution in [2.75, 3.05) is 31.2 Å². The third kappa shape index (κ3) is 19.1. The standard InChI is InChI=1S/C40H66N14O13S2/c1-3-19(2)31(39(65)54-10-6-8-28(54)38(64)50-23(11-20-14-45-18-46-20)34(60)52-27(17-69)40(66)67)53-37(63)26(15-55)51-36(62)25(13-30(44)57)49-33(59)22(7-4-5-9-41)47-35(61)24(12-29(43)56)48-32(58)21(42)16-68/h14,18-19,21-28,31,55,68-69H,3-13,15-17,41-42H2,1-2H3,(H2,43,56)(H2,44,57)(H,45,46)(H,47,61)(H,48,58)(H,49,59)(H,50,64)(H,51,62)(H,52,60)(H,53,63)(H,66,67)/t19-,21-,22-,23-,24-,25-,26-,27-,28-,31-/m0/s1. The number of nitrogens with one attached hydrogen (secondary N) is 8. The Balaban J connectivity index is 2.31. The number of nitrogens with two attached hydrogens (primary N) is 4. The normalized spacial score (nSPS) is 17.2. The molecule has 0 unspecified atom stereocenters. The van der Waals surface area contributed by atoms with E-state index in [0.717, 1.165) is 0 Å². The molecule has 1 fully saturated rings. The molecule has 1 saturated heterocycles. The number of carbonyl (C=O) groups is 11. The van der Waals surface area contributed by atoms with Gasteiger partial charge in [-0.2, -0.15) is 25.3 Å². The molecule has 27 nitrogen and oxygen atoms in total. The van der Waals surface area contributed by atoms with E-state index < -0.39 is 145 Å². The third-order valence-corrected chi connectivity index (χ3v) is 11.8. The van der Waals surface area contributed by atoms with Gasteiger partial charge < -0.3 is 80.2 Å². The van der Waals surface area contributed by atoms with Crippen LogP contribution in [0.15, 0.2) is 12.5 Å². The molecule has 10 atom stereocenters. The van der Waals surface area contributed by atoms with Gasteiger partial charge >= 0.3 is 5.97 Å². The van der Waals surface area contributed by atoms with Crippen molar-refractivity contribution in [2.45, 2.75) is 126 Å². The van der Waals surface area contributed by atoms with E-state index in [0.29, 0.717) is 25.0 Å². The number of rotatable bonds is 31. The molecule has 2 heterocycles. The van der Waals surface area contributed by atoms with Crippen molar-refractivity contribution >= 4 is 90.3 Å². The number of aliphatic hydroxyl groups is 1. The molecular weight excluding hydrogens is 949 g/mol. The van der Waals surface area contributed by atoms with Crippen molar-refractivity contribution in [1.29, 1.82) is 0 Å². The summed E-state index contributed by atoms with van der Waals surface area (Å²) in [6.07, 6.45) is 2.45. The Hall–Kier alpha value is -6.04. The molecule has 69 heavy (non-hydrogen) atoms. The maximum absolute atomic E-state index is 14.3. The van der Waals surface area contributed by atoms with E-state index in [-0.39, 0.29) is 50.3 Å². The molecule has 0 aromatic carbocycles. The molecule has 10 amide bonds. The lowest BCUT2D eigenvalue weighted by Gasteiger charge is -2.33. The lowest BCUT2D eigenvalue weighted by Crippen LogP contribution is -2.62. The maximum atomic E-state index is 14.3. The zero-order valence-corrected chi connectivity index (χ0v) is 40.1. The number of carboxylic acid groups (broad SMARTS) is 1. The van der Waals surface area contributed by atoms with Crippen LogP contribution in [0.2, 0.25) is 0 Å². The molecule has 1 aromatic rings. The molecule has 1 aromatic heterocycles. The molecule has 0 aliphatic carbocycles. The summed E-state index contributed by atoms with van der Waals surface area (Å²) >= 11 is 7.91. The van der Waals surface area contributed by atoms with E-state index in [1.165, 1.54) is 17.4 Å². The number of carboxylic acids is 1. The molecule has 0 spiro atoms. The monoisotopic (exact) mass is 1010 g/mol. The van der Waals surface area contributed by atoms with Gasteiger partial charge in [-0.05, 0) is 44.6 Å². The summed E-state index contributed by atoms with van der Waals surface area (Å²) in [5.41, 5.74) is 22.4. The van der Waals surface area contributed by atoms with Gasteiger partial charge in [-0.25, -0.2) is 9.78 Å². The number of carbonyl (C=O) groups excluding carboxylic acids is 10. The van der Waals surface area contributed by atoms with Crippen molar-refractivity contribution in [1.82, 2.24) is 52.1 Å². The van der Waals surface area contributed by atoms with Crippen LogP contribution in [0, 0.1) is 5.92 Å². The second-order valence-corrected chi connectivity index (χ2v) is 17.1. The number of hydrogen-bond acceptors (Lipinski definition) is 17. The van der Waals surface area contributed by atoms with Crippen molar-refractivity contribution in [3.05, 3.63) is 18.2 Å². The predicted octanol–water partition coefficient (Wildman–Crippen LogP) is -6.47. The number of aliphatic hydroxyl groups excluding tert-OH is 1. The first-order chi connectivity index (χ1) is 32.6. The number of H-pyrrole nitrogens is 1. The second kappa shape index (κ2) is 29.8. The van der Waals surface area contributed by atoms with Gasteiger partial charge in [0.05, 0.1) is 31.8 Å². The van der Waals surface area contributed by atoms with Crippen LogP contribution in [0.3, 0.4) is 0 Å². The lowest BCUT2D eigenvalue weighted by atomic mass is 9.96. The molecular formula is C40H66N14O13S2. The number of imidazole rings is 1. The zero-order valence-electron chi connectivity index (χ0n) is 38.3. The Morgan fingerprint density at radius 2 is 1.30 bits per heavy atom. The number of unbranched alkanes of at least 4 members (excludes halogenated alkanes) is 1. The Kier molecular flexibility index (Phi) is 25.5. The fourth-order valence-electron chi connectivity index (χ4n) is 6.93. The van der Waals surface area contributed by atoms with Gasteiger partial charge in [-0.3, -0.25) is 47.9 Å². The Bertz CT molecular complexity index is 1970. The van der Waals surface area contributed by atoms with E-state index in [2.05, 4.69) is 72.4 Å². The van der Waals surface area contributed by atoms with Gasteiger partial charge in [-0.1, -0.05) is 20.3 Å². The van der Waals surface area contributed by atoms with E-state index >= 15 is 0 Å². The summed E-state index contributed by atoms with van der Waals surface area (Å²) in [4.78, 5) is 152. The number of aliphatic carboxylic acids is 1. The largest absolute Gasteiger partial charge is 0.480 e. The number of thiol groups is 2. The lowest BCUT2D eigenvalue weighted by molar-refractivity contribution is -0.144. The van der Waals surface area contributed by atoms with E-state index in [9.17, 15) is 63.0 Å². The number of aromatic amines is 1. The first kappa shape index (κ1) is 59.1.